The zero-order valence-electron chi connectivity index (χ0n) is 15.3. The number of benzene rings is 2. The predicted octanol–water partition coefficient (Wildman–Crippen LogP) is 3.90. The molecule has 27 heavy (non-hydrogen) atoms. The number of para-hydroxylation sites is 1. The number of aromatic nitrogens is 4. The molecule has 140 valence electrons. The van der Waals surface area contributed by atoms with Crippen molar-refractivity contribution < 1.29 is 4.79 Å². The van der Waals surface area contributed by atoms with Crippen LogP contribution in [0.5, 0.6) is 0 Å². The molecule has 0 radical (unpaired) electrons. The Morgan fingerprint density at radius 1 is 1.19 bits per heavy atom. The van der Waals surface area contributed by atoms with Crippen LogP contribution in [0.4, 0.5) is 0 Å². The maximum Gasteiger partial charge on any atom is 0.230 e. The maximum absolute atomic E-state index is 12.4. The molecule has 0 bridgehead atoms. The molecule has 1 amide bonds. The minimum Gasteiger partial charge on any atom is -0.349 e. The Morgan fingerprint density at radius 3 is 2.59 bits per heavy atom. The van der Waals surface area contributed by atoms with Gasteiger partial charge in [0.15, 0.2) is 0 Å². The summed E-state index contributed by atoms with van der Waals surface area (Å²) in [6.07, 6.45) is 0. The third-order valence-corrected chi connectivity index (χ3v) is 5.44. The van der Waals surface area contributed by atoms with E-state index in [0.29, 0.717) is 10.2 Å². The van der Waals surface area contributed by atoms with Crippen LogP contribution in [0.1, 0.15) is 29.7 Å². The minimum atomic E-state index is -0.179. The van der Waals surface area contributed by atoms with Crippen molar-refractivity contribution in [3.63, 3.8) is 0 Å². The number of hydrogen-bond donors (Lipinski definition) is 1. The summed E-state index contributed by atoms with van der Waals surface area (Å²) in [5.74, 6) is 0.101. The molecular formula is C19H20ClN5OS. The number of carbonyl (C=O) groups excluding carboxylic acids is 1. The Bertz CT molecular complexity index is 939. The molecule has 1 heterocycles. The van der Waals surface area contributed by atoms with E-state index < -0.39 is 0 Å². The van der Waals surface area contributed by atoms with Gasteiger partial charge in [0, 0.05) is 5.02 Å². The van der Waals surface area contributed by atoms with E-state index in [0.717, 1.165) is 22.4 Å². The average molecular weight is 402 g/mol. The lowest BCUT2D eigenvalue weighted by atomic mass is 10.1. The van der Waals surface area contributed by atoms with Crippen LogP contribution < -0.4 is 5.32 Å². The van der Waals surface area contributed by atoms with Gasteiger partial charge in [-0.25, -0.2) is 0 Å². The van der Waals surface area contributed by atoms with E-state index >= 15 is 0 Å². The summed E-state index contributed by atoms with van der Waals surface area (Å²) in [5.41, 5.74) is 3.97. The summed E-state index contributed by atoms with van der Waals surface area (Å²) in [7, 11) is 0. The summed E-state index contributed by atoms with van der Waals surface area (Å²) in [5, 5.41) is 16.1. The van der Waals surface area contributed by atoms with Crippen molar-refractivity contribution in [1.82, 2.24) is 25.5 Å². The largest absolute Gasteiger partial charge is 0.349 e. The Labute approximate surface area is 167 Å². The number of carbonyl (C=O) groups is 1. The van der Waals surface area contributed by atoms with Gasteiger partial charge in [-0.2, -0.15) is 4.68 Å². The molecule has 3 aromatic rings. The van der Waals surface area contributed by atoms with Crippen molar-refractivity contribution in [3.05, 3.63) is 64.2 Å². The van der Waals surface area contributed by atoms with Gasteiger partial charge < -0.3 is 5.32 Å². The van der Waals surface area contributed by atoms with Gasteiger partial charge in [-0.1, -0.05) is 59.8 Å². The predicted molar refractivity (Wildman–Crippen MR) is 107 cm³/mol. The summed E-state index contributed by atoms with van der Waals surface area (Å²) in [6, 6.07) is 13.3. The van der Waals surface area contributed by atoms with Gasteiger partial charge in [-0.15, -0.1) is 5.10 Å². The Kier molecular flexibility index (Phi) is 6.13. The number of nitrogens with zero attached hydrogens (tertiary/aromatic N) is 4. The van der Waals surface area contributed by atoms with E-state index in [1.165, 1.54) is 11.8 Å². The number of nitrogens with one attached hydrogen (secondary N) is 1. The van der Waals surface area contributed by atoms with Gasteiger partial charge in [0.05, 0.1) is 17.5 Å². The molecule has 0 aliphatic carbocycles. The fourth-order valence-corrected chi connectivity index (χ4v) is 3.85. The number of tetrazole rings is 1. The molecule has 1 aromatic heterocycles. The topological polar surface area (TPSA) is 72.7 Å². The van der Waals surface area contributed by atoms with E-state index in [9.17, 15) is 4.79 Å². The summed E-state index contributed by atoms with van der Waals surface area (Å²) < 4.78 is 1.68. The number of thioether (sulfide) groups is 1. The molecule has 1 N–H and O–H groups in total. The van der Waals surface area contributed by atoms with Crippen LogP contribution in [0.25, 0.3) is 5.69 Å². The molecule has 0 fully saturated rings. The molecule has 0 spiro atoms. The molecule has 1 atom stereocenters. The molecular weight excluding hydrogens is 382 g/mol. The monoisotopic (exact) mass is 401 g/mol. The van der Waals surface area contributed by atoms with E-state index in [-0.39, 0.29) is 17.7 Å². The van der Waals surface area contributed by atoms with Crippen molar-refractivity contribution in [1.29, 1.82) is 0 Å². The summed E-state index contributed by atoms with van der Waals surface area (Å²) >= 11 is 7.49. The molecule has 1 unspecified atom stereocenters. The molecule has 6 nitrogen and oxygen atoms in total. The standard InChI is InChI=1S/C19H20ClN5OS/c1-12-7-6-8-13(2)18(12)25-19(22-23-24-25)27-11-17(26)21-14(3)15-9-4-5-10-16(15)20/h4-10,14H,11H2,1-3H3,(H,21,26). The molecule has 0 aliphatic heterocycles. The molecule has 0 aliphatic rings. The van der Waals surface area contributed by atoms with Gasteiger partial charge in [-0.05, 0) is 54.0 Å². The van der Waals surface area contributed by atoms with Gasteiger partial charge in [0.2, 0.25) is 11.1 Å². The van der Waals surface area contributed by atoms with E-state index in [2.05, 4.69) is 20.8 Å². The first-order valence-electron chi connectivity index (χ1n) is 8.49. The highest BCUT2D eigenvalue weighted by Gasteiger charge is 2.16. The van der Waals surface area contributed by atoms with Crippen LogP contribution in [0.3, 0.4) is 0 Å². The number of aryl methyl sites for hydroxylation is 2. The first kappa shape index (κ1) is 19.4. The van der Waals surface area contributed by atoms with Crippen molar-refractivity contribution >= 4 is 29.3 Å². The lowest BCUT2D eigenvalue weighted by Gasteiger charge is -2.15. The molecule has 8 heteroatoms. The first-order chi connectivity index (χ1) is 13.0. The van der Waals surface area contributed by atoms with Crippen LogP contribution >= 0.6 is 23.4 Å². The Morgan fingerprint density at radius 2 is 1.89 bits per heavy atom. The molecule has 3 rings (SSSR count). The van der Waals surface area contributed by atoms with Crippen molar-refractivity contribution in [2.75, 3.05) is 5.75 Å². The number of amides is 1. The van der Waals surface area contributed by atoms with Crippen LogP contribution in [0, 0.1) is 13.8 Å². The first-order valence-corrected chi connectivity index (χ1v) is 9.85. The number of hydrogen-bond acceptors (Lipinski definition) is 5. The maximum atomic E-state index is 12.4. The highest BCUT2D eigenvalue weighted by atomic mass is 35.5. The van der Waals surface area contributed by atoms with Crippen LogP contribution in [-0.2, 0) is 4.79 Å². The van der Waals surface area contributed by atoms with Gasteiger partial charge in [0.1, 0.15) is 0 Å². The third kappa shape index (κ3) is 4.48. The van der Waals surface area contributed by atoms with Gasteiger partial charge >= 0.3 is 0 Å². The second-order valence-electron chi connectivity index (χ2n) is 6.21. The molecule has 0 saturated heterocycles. The normalized spacial score (nSPS) is 12.0. The highest BCUT2D eigenvalue weighted by molar-refractivity contribution is 7.99. The third-order valence-electron chi connectivity index (χ3n) is 4.17. The SMILES string of the molecule is Cc1cccc(C)c1-n1nnnc1SCC(=O)NC(C)c1ccccc1Cl. The average Bonchev–Trinajstić information content (AvgIpc) is 3.08. The zero-order chi connectivity index (χ0) is 19.4. The van der Waals surface area contributed by atoms with Gasteiger partial charge in [-0.3, -0.25) is 4.79 Å². The Hall–Kier alpha value is -2.38. The van der Waals surface area contributed by atoms with Crippen LogP contribution in [-0.4, -0.2) is 31.9 Å². The summed E-state index contributed by atoms with van der Waals surface area (Å²) in [4.78, 5) is 12.4. The van der Waals surface area contributed by atoms with Crippen molar-refractivity contribution in [2.24, 2.45) is 0 Å². The smallest absolute Gasteiger partial charge is 0.230 e. The van der Waals surface area contributed by atoms with E-state index in [1.807, 2.05) is 63.2 Å². The second-order valence-corrected chi connectivity index (χ2v) is 7.56. The van der Waals surface area contributed by atoms with Crippen molar-refractivity contribution in [2.45, 2.75) is 32.0 Å². The van der Waals surface area contributed by atoms with E-state index in [4.69, 9.17) is 11.6 Å². The lowest BCUT2D eigenvalue weighted by Crippen LogP contribution is -2.28. The number of halogens is 1. The second kappa shape index (κ2) is 8.54. The zero-order valence-corrected chi connectivity index (χ0v) is 16.9. The molecule has 0 saturated carbocycles. The summed E-state index contributed by atoms with van der Waals surface area (Å²) in [6.45, 7) is 5.93. The number of rotatable bonds is 6. The fraction of sp³-hybridized carbons (Fsp3) is 0.263. The lowest BCUT2D eigenvalue weighted by molar-refractivity contribution is -0.119. The van der Waals surface area contributed by atoms with Crippen molar-refractivity contribution in [3.8, 4) is 5.69 Å². The van der Waals surface area contributed by atoms with Crippen LogP contribution in [0.2, 0.25) is 5.02 Å². The quantitative estimate of drug-likeness (QED) is 0.634. The highest BCUT2D eigenvalue weighted by Crippen LogP contribution is 2.24. The molecule has 2 aromatic carbocycles. The van der Waals surface area contributed by atoms with Crippen LogP contribution in [0.15, 0.2) is 47.6 Å². The van der Waals surface area contributed by atoms with E-state index in [1.54, 1.807) is 4.68 Å². The minimum absolute atomic E-state index is 0.108. The van der Waals surface area contributed by atoms with Gasteiger partial charge in [0.25, 0.3) is 0 Å². The fourth-order valence-electron chi connectivity index (χ4n) is 2.87. The Balaban J connectivity index is 1.67.